The quantitative estimate of drug-likeness (QED) is 0.278. The van der Waals surface area contributed by atoms with Crippen LogP contribution in [0.15, 0.2) is 12.7 Å². The lowest BCUT2D eigenvalue weighted by Crippen LogP contribution is -2.18. The molecule has 1 atom stereocenters. The van der Waals surface area contributed by atoms with Crippen LogP contribution in [-0.2, 0) is 14.2 Å². The number of ether oxygens (including phenoxy) is 3. The van der Waals surface area contributed by atoms with Crippen LogP contribution < -0.4 is 0 Å². The van der Waals surface area contributed by atoms with Crippen molar-refractivity contribution in [2.24, 2.45) is 5.41 Å². The molecule has 0 aromatic heterocycles. The summed E-state index contributed by atoms with van der Waals surface area (Å²) in [4.78, 5) is 0. The SMILES string of the molecule is C=CC(C)(CCl)CCOCCOCCOCCCC. The number of rotatable bonds is 14. The van der Waals surface area contributed by atoms with Crippen molar-refractivity contribution in [1.29, 1.82) is 0 Å². The van der Waals surface area contributed by atoms with Crippen molar-refractivity contribution < 1.29 is 14.2 Å². The molecular formula is C15H29ClO3. The molecule has 0 aliphatic carbocycles. The lowest BCUT2D eigenvalue weighted by atomic mass is 9.90. The van der Waals surface area contributed by atoms with E-state index in [1.807, 2.05) is 6.08 Å². The number of hydrogen-bond acceptors (Lipinski definition) is 3. The van der Waals surface area contributed by atoms with Crippen LogP contribution in [0.25, 0.3) is 0 Å². The predicted octanol–water partition coefficient (Wildman–Crippen LogP) is 3.66. The Kier molecular flexibility index (Phi) is 12.9. The summed E-state index contributed by atoms with van der Waals surface area (Å²) < 4.78 is 16.3. The van der Waals surface area contributed by atoms with Crippen LogP contribution in [0.1, 0.15) is 33.1 Å². The van der Waals surface area contributed by atoms with Crippen LogP contribution in [0.4, 0.5) is 0 Å². The van der Waals surface area contributed by atoms with Crippen molar-refractivity contribution in [2.75, 3.05) is 45.5 Å². The summed E-state index contributed by atoms with van der Waals surface area (Å²) in [5.41, 5.74) is -0.0322. The average Bonchev–Trinajstić information content (AvgIpc) is 2.44. The van der Waals surface area contributed by atoms with Gasteiger partial charge in [-0.25, -0.2) is 0 Å². The molecule has 0 fully saturated rings. The first-order valence-electron chi connectivity index (χ1n) is 7.11. The molecule has 0 amide bonds. The van der Waals surface area contributed by atoms with Gasteiger partial charge in [-0.3, -0.25) is 0 Å². The van der Waals surface area contributed by atoms with E-state index in [2.05, 4.69) is 20.4 Å². The van der Waals surface area contributed by atoms with Crippen LogP contribution in [-0.4, -0.2) is 45.5 Å². The molecule has 3 nitrogen and oxygen atoms in total. The Hall–Kier alpha value is -0.0900. The van der Waals surface area contributed by atoms with Crippen LogP contribution in [0.2, 0.25) is 0 Å². The van der Waals surface area contributed by atoms with Gasteiger partial charge in [-0.2, -0.15) is 0 Å². The van der Waals surface area contributed by atoms with E-state index in [1.54, 1.807) is 0 Å². The minimum Gasteiger partial charge on any atom is -0.379 e. The zero-order valence-electron chi connectivity index (χ0n) is 12.5. The fraction of sp³-hybridized carbons (Fsp3) is 0.867. The number of allylic oxidation sites excluding steroid dienone is 1. The highest BCUT2D eigenvalue weighted by molar-refractivity contribution is 6.18. The van der Waals surface area contributed by atoms with Crippen LogP contribution in [0.3, 0.4) is 0 Å². The van der Waals surface area contributed by atoms with E-state index in [0.29, 0.717) is 38.9 Å². The lowest BCUT2D eigenvalue weighted by molar-refractivity contribution is 0.0109. The molecule has 114 valence electrons. The molecule has 19 heavy (non-hydrogen) atoms. The summed E-state index contributed by atoms with van der Waals surface area (Å²) in [6, 6.07) is 0. The van der Waals surface area contributed by atoms with Crippen molar-refractivity contribution in [1.82, 2.24) is 0 Å². The van der Waals surface area contributed by atoms with Gasteiger partial charge in [-0.05, 0) is 12.8 Å². The van der Waals surface area contributed by atoms with Gasteiger partial charge in [0.25, 0.3) is 0 Å². The number of halogens is 1. The molecule has 1 unspecified atom stereocenters. The zero-order chi connectivity index (χ0) is 14.4. The van der Waals surface area contributed by atoms with Crippen molar-refractivity contribution in [3.8, 4) is 0 Å². The van der Waals surface area contributed by atoms with E-state index in [-0.39, 0.29) is 5.41 Å². The van der Waals surface area contributed by atoms with Crippen molar-refractivity contribution in [2.45, 2.75) is 33.1 Å². The Bertz CT molecular complexity index is 212. The first-order valence-corrected chi connectivity index (χ1v) is 7.64. The van der Waals surface area contributed by atoms with E-state index in [1.165, 1.54) is 6.42 Å². The Balaban J connectivity index is 3.21. The molecule has 0 aliphatic heterocycles. The summed E-state index contributed by atoms with van der Waals surface area (Å²) in [5.74, 6) is 0.575. The topological polar surface area (TPSA) is 27.7 Å². The van der Waals surface area contributed by atoms with Gasteiger partial charge in [0, 0.05) is 24.5 Å². The number of hydrogen-bond donors (Lipinski definition) is 0. The second-order valence-electron chi connectivity index (χ2n) is 4.93. The largest absolute Gasteiger partial charge is 0.379 e. The molecule has 0 saturated heterocycles. The van der Waals surface area contributed by atoms with Gasteiger partial charge >= 0.3 is 0 Å². The van der Waals surface area contributed by atoms with Crippen molar-refractivity contribution in [3.05, 3.63) is 12.7 Å². The predicted molar refractivity (Wildman–Crippen MR) is 81.0 cm³/mol. The van der Waals surface area contributed by atoms with Crippen LogP contribution in [0.5, 0.6) is 0 Å². The normalized spacial score (nSPS) is 14.3. The fourth-order valence-corrected chi connectivity index (χ4v) is 1.56. The third-order valence-corrected chi connectivity index (χ3v) is 3.61. The van der Waals surface area contributed by atoms with Gasteiger partial charge < -0.3 is 14.2 Å². The summed E-state index contributed by atoms with van der Waals surface area (Å²) in [5, 5.41) is 0. The summed E-state index contributed by atoms with van der Waals surface area (Å²) in [7, 11) is 0. The molecule has 0 aromatic rings. The smallest absolute Gasteiger partial charge is 0.0701 e. The second-order valence-corrected chi connectivity index (χ2v) is 5.20. The first kappa shape index (κ1) is 18.9. The highest BCUT2D eigenvalue weighted by Gasteiger charge is 2.18. The third-order valence-electron chi connectivity index (χ3n) is 3.00. The minimum absolute atomic E-state index is 0.0322. The second kappa shape index (κ2) is 12.9. The van der Waals surface area contributed by atoms with Crippen LogP contribution >= 0.6 is 11.6 Å². The van der Waals surface area contributed by atoms with Crippen LogP contribution in [0, 0.1) is 5.41 Å². The van der Waals surface area contributed by atoms with Gasteiger partial charge in [-0.15, -0.1) is 18.2 Å². The van der Waals surface area contributed by atoms with Gasteiger partial charge in [0.15, 0.2) is 0 Å². The number of unbranched alkanes of at least 4 members (excludes halogenated alkanes) is 1. The molecule has 0 rings (SSSR count). The summed E-state index contributed by atoms with van der Waals surface area (Å²) in [6.07, 6.45) is 5.07. The zero-order valence-corrected chi connectivity index (χ0v) is 13.2. The Morgan fingerprint density at radius 2 is 1.53 bits per heavy atom. The monoisotopic (exact) mass is 292 g/mol. The van der Waals surface area contributed by atoms with E-state index in [4.69, 9.17) is 25.8 Å². The van der Waals surface area contributed by atoms with Gasteiger partial charge in [-0.1, -0.05) is 26.3 Å². The maximum Gasteiger partial charge on any atom is 0.0701 e. The third kappa shape index (κ3) is 11.4. The summed E-state index contributed by atoms with van der Waals surface area (Å²) in [6.45, 7) is 12.1. The lowest BCUT2D eigenvalue weighted by Gasteiger charge is -2.22. The molecule has 0 heterocycles. The highest BCUT2D eigenvalue weighted by atomic mass is 35.5. The maximum absolute atomic E-state index is 5.88. The van der Waals surface area contributed by atoms with Gasteiger partial charge in [0.05, 0.1) is 26.4 Å². The Labute approximate surface area is 123 Å². The van der Waals surface area contributed by atoms with Gasteiger partial charge in [0.2, 0.25) is 0 Å². The molecule has 0 radical (unpaired) electrons. The molecule has 0 spiro atoms. The minimum atomic E-state index is -0.0322. The summed E-state index contributed by atoms with van der Waals surface area (Å²) >= 11 is 5.88. The Morgan fingerprint density at radius 3 is 2.00 bits per heavy atom. The van der Waals surface area contributed by atoms with Crippen molar-refractivity contribution >= 4 is 11.6 Å². The van der Waals surface area contributed by atoms with E-state index >= 15 is 0 Å². The standard InChI is InChI=1S/C15H29ClO3/c1-4-6-8-17-10-12-19-13-11-18-9-7-15(3,5-2)14-16/h5H,2,4,6-14H2,1,3H3. The molecule has 4 heteroatoms. The molecule has 0 aliphatic rings. The van der Waals surface area contributed by atoms with E-state index in [9.17, 15) is 0 Å². The average molecular weight is 293 g/mol. The van der Waals surface area contributed by atoms with E-state index in [0.717, 1.165) is 19.4 Å². The van der Waals surface area contributed by atoms with Crippen molar-refractivity contribution in [3.63, 3.8) is 0 Å². The Morgan fingerprint density at radius 1 is 1.00 bits per heavy atom. The number of alkyl halides is 1. The maximum atomic E-state index is 5.88. The molecule has 0 N–H and O–H groups in total. The highest BCUT2D eigenvalue weighted by Crippen LogP contribution is 2.23. The molecule has 0 aromatic carbocycles. The molecular weight excluding hydrogens is 264 g/mol. The fourth-order valence-electron chi connectivity index (χ4n) is 1.32. The molecule has 0 saturated carbocycles. The van der Waals surface area contributed by atoms with E-state index < -0.39 is 0 Å². The molecule has 0 bridgehead atoms. The first-order chi connectivity index (χ1) is 9.18. The van der Waals surface area contributed by atoms with Gasteiger partial charge in [0.1, 0.15) is 0 Å².